The molecule has 8 heteroatoms. The van der Waals surface area contributed by atoms with Crippen molar-refractivity contribution >= 4 is 22.3 Å². The highest BCUT2D eigenvalue weighted by Gasteiger charge is 2.25. The van der Waals surface area contributed by atoms with Gasteiger partial charge in [0.05, 0.1) is 39.0 Å². The molecule has 1 atom stereocenters. The minimum absolute atomic E-state index is 0.268. The van der Waals surface area contributed by atoms with E-state index in [0.717, 1.165) is 33.3 Å². The van der Waals surface area contributed by atoms with Crippen molar-refractivity contribution in [2.75, 3.05) is 33.6 Å². The van der Waals surface area contributed by atoms with Gasteiger partial charge in [0.25, 0.3) is 0 Å². The highest BCUT2D eigenvalue weighted by Crippen LogP contribution is 2.31. The number of carbonyl (C=O) groups is 1. The SMILES string of the molecule is CCOC(=O)c1sc(N)c(C#N)c1C[NH+](C)Cc1ccc(OC)cc1OC. The number of nitrogens with zero attached hydrogens (tertiary/aromatic N) is 1. The number of nitrogens with two attached hydrogens (primary N) is 1. The largest absolute Gasteiger partial charge is 0.497 e. The highest BCUT2D eigenvalue weighted by molar-refractivity contribution is 7.18. The lowest BCUT2D eigenvalue weighted by molar-refractivity contribution is -0.907. The van der Waals surface area contributed by atoms with Crippen molar-refractivity contribution in [3.05, 3.63) is 39.8 Å². The Morgan fingerprint density at radius 1 is 1.30 bits per heavy atom. The summed E-state index contributed by atoms with van der Waals surface area (Å²) < 4.78 is 15.8. The Bertz CT molecular complexity index is 857. The standard InChI is InChI=1S/C19H23N3O4S/c1-5-26-19(23)17-15(14(9-20)18(21)27-17)11-22(2)10-12-6-7-13(24-3)8-16(12)25-4/h6-8H,5,10-11,21H2,1-4H3/p+1. The van der Waals surface area contributed by atoms with Crippen molar-refractivity contribution in [2.24, 2.45) is 0 Å². The molecule has 27 heavy (non-hydrogen) atoms. The van der Waals surface area contributed by atoms with Crippen molar-refractivity contribution in [2.45, 2.75) is 20.0 Å². The van der Waals surface area contributed by atoms with Crippen LogP contribution < -0.4 is 20.1 Å². The predicted molar refractivity (Wildman–Crippen MR) is 103 cm³/mol. The summed E-state index contributed by atoms with van der Waals surface area (Å²) >= 11 is 1.10. The van der Waals surface area contributed by atoms with Gasteiger partial charge >= 0.3 is 5.97 Å². The number of hydrogen-bond acceptors (Lipinski definition) is 7. The van der Waals surface area contributed by atoms with Crippen LogP contribution in [0.1, 0.15) is 33.3 Å². The minimum Gasteiger partial charge on any atom is -0.497 e. The average Bonchev–Trinajstić information content (AvgIpc) is 2.97. The number of nitrogens with one attached hydrogen (secondary N) is 1. The molecule has 0 radical (unpaired) electrons. The second-order valence-corrected chi connectivity index (χ2v) is 7.02. The number of methoxy groups -OCH3 is 2. The van der Waals surface area contributed by atoms with E-state index in [4.69, 9.17) is 19.9 Å². The number of hydrogen-bond donors (Lipinski definition) is 2. The van der Waals surface area contributed by atoms with E-state index in [1.807, 2.05) is 25.2 Å². The van der Waals surface area contributed by atoms with Gasteiger partial charge in [-0.3, -0.25) is 0 Å². The van der Waals surface area contributed by atoms with E-state index in [9.17, 15) is 10.1 Å². The number of anilines is 1. The Labute approximate surface area is 162 Å². The maximum atomic E-state index is 12.2. The average molecular weight is 390 g/mol. The van der Waals surface area contributed by atoms with Gasteiger partial charge in [0, 0.05) is 11.6 Å². The second kappa shape index (κ2) is 9.26. The normalized spacial score (nSPS) is 11.5. The van der Waals surface area contributed by atoms with Gasteiger partial charge in [-0.25, -0.2) is 4.79 Å². The quantitative estimate of drug-likeness (QED) is 0.665. The lowest BCUT2D eigenvalue weighted by Crippen LogP contribution is -3.06. The van der Waals surface area contributed by atoms with Gasteiger partial charge in [0.15, 0.2) is 0 Å². The van der Waals surface area contributed by atoms with E-state index in [-0.39, 0.29) is 6.61 Å². The third kappa shape index (κ3) is 4.70. The first-order valence-corrected chi connectivity index (χ1v) is 9.27. The van der Waals surface area contributed by atoms with E-state index in [2.05, 4.69) is 6.07 Å². The molecule has 0 bridgehead atoms. The lowest BCUT2D eigenvalue weighted by Gasteiger charge is -2.17. The number of rotatable bonds is 8. The summed E-state index contributed by atoms with van der Waals surface area (Å²) in [7, 11) is 5.20. The maximum Gasteiger partial charge on any atom is 0.348 e. The van der Waals surface area contributed by atoms with E-state index >= 15 is 0 Å². The molecule has 1 unspecified atom stereocenters. The first-order valence-electron chi connectivity index (χ1n) is 8.45. The Balaban J connectivity index is 2.27. The predicted octanol–water partition coefficient (Wildman–Crippen LogP) is 1.61. The number of benzene rings is 1. The van der Waals surface area contributed by atoms with Crippen molar-refractivity contribution in [3.8, 4) is 17.6 Å². The molecule has 0 amide bonds. The number of thiophene rings is 1. The summed E-state index contributed by atoms with van der Waals surface area (Å²) in [5.41, 5.74) is 7.91. The molecule has 1 heterocycles. The molecule has 7 nitrogen and oxygen atoms in total. The first-order chi connectivity index (χ1) is 12.9. The molecule has 0 aliphatic carbocycles. The molecular formula is C19H24N3O4S+. The molecule has 0 saturated heterocycles. The first kappa shape index (κ1) is 20.6. The number of quaternary nitrogens is 1. The Hall–Kier alpha value is -2.76. The summed E-state index contributed by atoms with van der Waals surface area (Å²) in [4.78, 5) is 13.7. The smallest absolute Gasteiger partial charge is 0.348 e. The molecule has 144 valence electrons. The third-order valence-electron chi connectivity index (χ3n) is 4.07. The summed E-state index contributed by atoms with van der Waals surface area (Å²) in [6, 6.07) is 7.76. The van der Waals surface area contributed by atoms with Crippen molar-refractivity contribution in [3.63, 3.8) is 0 Å². The summed E-state index contributed by atoms with van der Waals surface area (Å²) in [6.07, 6.45) is 0. The van der Waals surface area contributed by atoms with Crippen LogP contribution in [0.4, 0.5) is 5.00 Å². The molecular weight excluding hydrogens is 366 g/mol. The molecule has 0 fully saturated rings. The number of nitriles is 1. The number of ether oxygens (including phenoxy) is 3. The number of carbonyl (C=O) groups excluding carboxylic acids is 1. The van der Waals surface area contributed by atoms with E-state index in [0.29, 0.717) is 34.1 Å². The van der Waals surface area contributed by atoms with E-state index in [1.54, 1.807) is 21.1 Å². The Kier molecular flexibility index (Phi) is 7.05. The monoisotopic (exact) mass is 390 g/mol. The fourth-order valence-corrected chi connectivity index (χ4v) is 3.76. The van der Waals surface area contributed by atoms with Crippen LogP contribution in [0, 0.1) is 11.3 Å². The summed E-state index contributed by atoms with van der Waals surface area (Å²) in [5, 5.41) is 9.79. The van der Waals surface area contributed by atoms with Crippen LogP contribution in [-0.2, 0) is 17.8 Å². The fourth-order valence-electron chi connectivity index (χ4n) is 2.82. The van der Waals surface area contributed by atoms with Crippen molar-refractivity contribution in [1.82, 2.24) is 0 Å². The van der Waals surface area contributed by atoms with Crippen LogP contribution in [0.3, 0.4) is 0 Å². The molecule has 0 aliphatic heterocycles. The zero-order chi connectivity index (χ0) is 20.0. The topological polar surface area (TPSA) is 99.0 Å². The highest BCUT2D eigenvalue weighted by atomic mass is 32.1. The van der Waals surface area contributed by atoms with Gasteiger partial charge in [-0.05, 0) is 19.1 Å². The van der Waals surface area contributed by atoms with Gasteiger partial charge in [0.1, 0.15) is 40.5 Å². The van der Waals surface area contributed by atoms with Crippen LogP contribution >= 0.6 is 11.3 Å². The van der Waals surface area contributed by atoms with Crippen molar-refractivity contribution < 1.29 is 23.9 Å². The summed E-state index contributed by atoms with van der Waals surface area (Å²) in [5.74, 6) is 1.00. The molecule has 0 aliphatic rings. The molecule has 3 N–H and O–H groups in total. The van der Waals surface area contributed by atoms with Gasteiger partial charge in [0.2, 0.25) is 0 Å². The van der Waals surface area contributed by atoms with Gasteiger partial charge in [-0.1, -0.05) is 0 Å². The van der Waals surface area contributed by atoms with E-state index in [1.165, 1.54) is 0 Å². The van der Waals surface area contributed by atoms with Crippen LogP contribution in [0.25, 0.3) is 0 Å². The van der Waals surface area contributed by atoms with Crippen LogP contribution in [0.15, 0.2) is 18.2 Å². The summed E-state index contributed by atoms with van der Waals surface area (Å²) in [6.45, 7) is 3.10. The minimum atomic E-state index is -0.444. The fraction of sp³-hybridized carbons (Fsp3) is 0.368. The molecule has 1 aromatic heterocycles. The molecule has 2 aromatic rings. The molecule has 1 aromatic carbocycles. The van der Waals surface area contributed by atoms with Crippen LogP contribution in [-0.4, -0.2) is 33.8 Å². The lowest BCUT2D eigenvalue weighted by atomic mass is 10.1. The van der Waals surface area contributed by atoms with Crippen LogP contribution in [0.5, 0.6) is 11.5 Å². The van der Waals surface area contributed by atoms with Gasteiger partial charge in [-0.15, -0.1) is 11.3 Å². The molecule has 2 rings (SSSR count). The Morgan fingerprint density at radius 3 is 2.63 bits per heavy atom. The number of esters is 1. The Morgan fingerprint density at radius 2 is 2.04 bits per heavy atom. The van der Waals surface area contributed by atoms with Crippen LogP contribution in [0.2, 0.25) is 0 Å². The zero-order valence-corrected chi connectivity index (χ0v) is 16.7. The third-order valence-corrected chi connectivity index (χ3v) is 5.11. The van der Waals surface area contributed by atoms with E-state index < -0.39 is 5.97 Å². The van der Waals surface area contributed by atoms with Gasteiger partial charge < -0.3 is 24.8 Å². The maximum absolute atomic E-state index is 12.2. The number of nitrogen functional groups attached to an aromatic ring is 1. The molecule has 0 spiro atoms. The zero-order valence-electron chi connectivity index (χ0n) is 15.9. The second-order valence-electron chi connectivity index (χ2n) is 5.97. The molecule has 0 saturated carbocycles. The van der Waals surface area contributed by atoms with Gasteiger partial charge in [-0.2, -0.15) is 5.26 Å². The van der Waals surface area contributed by atoms with Crippen molar-refractivity contribution in [1.29, 1.82) is 5.26 Å².